The molecule has 1 aliphatic rings. The maximum absolute atomic E-state index is 12.6. The van der Waals surface area contributed by atoms with Crippen molar-refractivity contribution in [1.29, 1.82) is 0 Å². The van der Waals surface area contributed by atoms with Gasteiger partial charge in [-0.25, -0.2) is 0 Å². The summed E-state index contributed by atoms with van der Waals surface area (Å²) in [6.45, 7) is 0.301. The highest BCUT2D eigenvalue weighted by Gasteiger charge is 2.35. The Morgan fingerprint density at radius 3 is 2.43 bits per heavy atom. The third kappa shape index (κ3) is 3.32. The zero-order valence-electron chi connectivity index (χ0n) is 14.9. The number of carbonyl (C=O) groups is 3. The van der Waals surface area contributed by atoms with Crippen molar-refractivity contribution in [3.05, 3.63) is 72.3 Å². The lowest BCUT2D eigenvalue weighted by Crippen LogP contribution is -2.28. The monoisotopic (exact) mass is 373 g/mol. The topological polar surface area (TPSA) is 89.5 Å². The van der Waals surface area contributed by atoms with E-state index in [1.54, 1.807) is 4.90 Å². The number of carboxylic acid groups (broad SMARTS) is 1. The van der Waals surface area contributed by atoms with Gasteiger partial charge in [0.25, 0.3) is 0 Å². The van der Waals surface area contributed by atoms with Crippen LogP contribution in [0, 0.1) is 5.92 Å². The first-order valence-electron chi connectivity index (χ1n) is 8.93. The highest BCUT2D eigenvalue weighted by molar-refractivity contribution is 6.08. The quantitative estimate of drug-likeness (QED) is 0.759. The minimum atomic E-state index is -1.27. The van der Waals surface area contributed by atoms with Crippen molar-refractivity contribution in [3.63, 3.8) is 0 Å². The van der Waals surface area contributed by atoms with Crippen LogP contribution < -0.4 is 15.3 Å². The van der Waals surface area contributed by atoms with E-state index in [9.17, 15) is 19.5 Å². The Bertz CT molecular complexity index is 1070. The second-order valence-corrected chi connectivity index (χ2v) is 6.76. The highest BCUT2D eigenvalue weighted by atomic mass is 16.4. The molecule has 3 aromatic carbocycles. The molecule has 0 unspecified atom stereocenters. The van der Waals surface area contributed by atoms with Crippen LogP contribution in [0.1, 0.15) is 16.8 Å². The molecule has 6 heteroatoms. The van der Waals surface area contributed by atoms with Gasteiger partial charge in [-0.15, -0.1) is 0 Å². The van der Waals surface area contributed by atoms with Crippen LogP contribution in [-0.2, 0) is 9.59 Å². The fourth-order valence-corrected chi connectivity index (χ4v) is 3.49. The Morgan fingerprint density at radius 1 is 0.964 bits per heavy atom. The van der Waals surface area contributed by atoms with Gasteiger partial charge < -0.3 is 20.1 Å². The van der Waals surface area contributed by atoms with Crippen LogP contribution in [0.3, 0.4) is 0 Å². The van der Waals surface area contributed by atoms with Gasteiger partial charge in [-0.3, -0.25) is 9.59 Å². The first-order chi connectivity index (χ1) is 13.5. The third-order valence-corrected chi connectivity index (χ3v) is 4.94. The standard InChI is InChI=1S/C22H18N2O4/c25-20-12-16(21(26)23-17-10-8-15(9-11-17)22(27)28)13-24(20)19-7-3-5-14-4-1-2-6-18(14)19/h1-11,16H,12-13H2,(H,23,26)(H,27,28)/p-1/t16-/m1/s1. The van der Waals surface area contributed by atoms with E-state index >= 15 is 0 Å². The van der Waals surface area contributed by atoms with E-state index in [4.69, 9.17) is 0 Å². The number of hydrogen-bond donors (Lipinski definition) is 1. The van der Waals surface area contributed by atoms with E-state index in [1.165, 1.54) is 24.3 Å². The number of benzene rings is 3. The van der Waals surface area contributed by atoms with Gasteiger partial charge in [0.05, 0.1) is 17.6 Å². The SMILES string of the molecule is O=C([O-])c1ccc(NC(=O)[C@@H]2CC(=O)N(c3cccc4ccccc34)C2)cc1. The summed E-state index contributed by atoms with van der Waals surface area (Å²) in [7, 11) is 0. The van der Waals surface area contributed by atoms with Gasteiger partial charge in [-0.2, -0.15) is 0 Å². The van der Waals surface area contributed by atoms with E-state index in [1.807, 2.05) is 42.5 Å². The molecule has 6 nitrogen and oxygen atoms in total. The Balaban J connectivity index is 1.51. The van der Waals surface area contributed by atoms with E-state index in [0.717, 1.165) is 16.5 Å². The molecule has 2 amide bonds. The van der Waals surface area contributed by atoms with Crippen molar-refractivity contribution in [3.8, 4) is 0 Å². The molecule has 28 heavy (non-hydrogen) atoms. The smallest absolute Gasteiger partial charge is 0.229 e. The van der Waals surface area contributed by atoms with Gasteiger partial charge in [0.2, 0.25) is 11.8 Å². The molecular weight excluding hydrogens is 356 g/mol. The van der Waals surface area contributed by atoms with Gasteiger partial charge in [0.15, 0.2) is 0 Å². The van der Waals surface area contributed by atoms with Crippen molar-refractivity contribution in [2.24, 2.45) is 5.92 Å². The first-order valence-corrected chi connectivity index (χ1v) is 8.93. The highest BCUT2D eigenvalue weighted by Crippen LogP contribution is 2.32. The number of nitrogens with zero attached hydrogens (tertiary/aromatic N) is 1. The molecule has 1 saturated heterocycles. The van der Waals surface area contributed by atoms with E-state index in [0.29, 0.717) is 12.2 Å². The van der Waals surface area contributed by atoms with Crippen LogP contribution in [0.25, 0.3) is 10.8 Å². The third-order valence-electron chi connectivity index (χ3n) is 4.94. The molecule has 0 radical (unpaired) electrons. The molecule has 1 N–H and O–H groups in total. The van der Waals surface area contributed by atoms with Crippen molar-refractivity contribution in [2.45, 2.75) is 6.42 Å². The lowest BCUT2D eigenvalue weighted by Gasteiger charge is -2.19. The van der Waals surface area contributed by atoms with Crippen LogP contribution in [0.15, 0.2) is 66.7 Å². The molecule has 1 fully saturated rings. The van der Waals surface area contributed by atoms with Crippen LogP contribution in [0.5, 0.6) is 0 Å². The second-order valence-electron chi connectivity index (χ2n) is 6.76. The van der Waals surface area contributed by atoms with Gasteiger partial charge in [0, 0.05) is 24.0 Å². The predicted octanol–water partition coefficient (Wildman–Crippen LogP) is 2.19. The molecule has 0 aliphatic carbocycles. The van der Waals surface area contributed by atoms with E-state index < -0.39 is 11.9 Å². The lowest BCUT2D eigenvalue weighted by molar-refractivity contribution is -0.255. The molecule has 0 spiro atoms. The van der Waals surface area contributed by atoms with E-state index in [2.05, 4.69) is 5.32 Å². The summed E-state index contributed by atoms with van der Waals surface area (Å²) in [4.78, 5) is 37.6. The summed E-state index contributed by atoms with van der Waals surface area (Å²) in [6, 6.07) is 19.3. The van der Waals surface area contributed by atoms with Crippen LogP contribution >= 0.6 is 0 Å². The summed E-state index contributed by atoms with van der Waals surface area (Å²) >= 11 is 0. The lowest BCUT2D eigenvalue weighted by atomic mass is 10.1. The molecular formula is C22H17N2O4-. The normalized spacial score (nSPS) is 16.4. The average Bonchev–Trinajstić information content (AvgIpc) is 3.09. The molecule has 140 valence electrons. The summed E-state index contributed by atoms with van der Waals surface area (Å²) in [6.07, 6.45) is 0.131. The van der Waals surface area contributed by atoms with Crippen LogP contribution in [0.2, 0.25) is 0 Å². The Labute approximate surface area is 161 Å². The van der Waals surface area contributed by atoms with Crippen molar-refractivity contribution in [1.82, 2.24) is 0 Å². The molecule has 1 heterocycles. The minimum absolute atomic E-state index is 0.0381. The van der Waals surface area contributed by atoms with Gasteiger partial charge >= 0.3 is 0 Å². The molecule has 3 aromatic rings. The maximum atomic E-state index is 12.6. The van der Waals surface area contributed by atoms with Gasteiger partial charge in [-0.1, -0.05) is 48.5 Å². The first kappa shape index (κ1) is 17.7. The number of carbonyl (C=O) groups excluding carboxylic acids is 3. The summed E-state index contributed by atoms with van der Waals surface area (Å²) in [5, 5.41) is 15.6. The zero-order valence-corrected chi connectivity index (χ0v) is 14.9. The Hall–Kier alpha value is -3.67. The number of nitrogens with one attached hydrogen (secondary N) is 1. The van der Waals surface area contributed by atoms with Crippen molar-refractivity contribution >= 4 is 39.9 Å². The number of aromatic carboxylic acids is 1. The van der Waals surface area contributed by atoms with Gasteiger partial charge in [0.1, 0.15) is 0 Å². The van der Waals surface area contributed by atoms with Crippen LogP contribution in [-0.4, -0.2) is 24.3 Å². The Kier molecular flexibility index (Phi) is 4.53. The molecule has 0 saturated carbocycles. The number of anilines is 2. The van der Waals surface area contributed by atoms with E-state index in [-0.39, 0.29) is 23.8 Å². The van der Waals surface area contributed by atoms with Crippen LogP contribution in [0.4, 0.5) is 11.4 Å². The maximum Gasteiger partial charge on any atom is 0.229 e. The fourth-order valence-electron chi connectivity index (χ4n) is 3.49. The second kappa shape index (κ2) is 7.15. The number of carboxylic acids is 1. The summed E-state index contributed by atoms with van der Waals surface area (Å²) in [5.74, 6) is -2.11. The molecule has 1 atom stereocenters. The zero-order chi connectivity index (χ0) is 19.7. The molecule has 0 aromatic heterocycles. The average molecular weight is 373 g/mol. The van der Waals surface area contributed by atoms with Crippen molar-refractivity contribution < 1.29 is 19.5 Å². The summed E-state index contributed by atoms with van der Waals surface area (Å²) in [5.41, 5.74) is 1.32. The number of rotatable bonds is 4. The van der Waals surface area contributed by atoms with Gasteiger partial charge in [-0.05, 0) is 29.1 Å². The number of hydrogen-bond acceptors (Lipinski definition) is 4. The number of fused-ring (bicyclic) bond motifs is 1. The van der Waals surface area contributed by atoms with Crippen molar-refractivity contribution in [2.75, 3.05) is 16.8 Å². The molecule has 1 aliphatic heterocycles. The largest absolute Gasteiger partial charge is 0.545 e. The summed E-state index contributed by atoms with van der Waals surface area (Å²) < 4.78 is 0. The minimum Gasteiger partial charge on any atom is -0.545 e. The fraction of sp³-hybridized carbons (Fsp3) is 0.136. The number of amides is 2. The predicted molar refractivity (Wildman–Crippen MR) is 104 cm³/mol. The molecule has 4 rings (SSSR count). The molecule has 0 bridgehead atoms. The Morgan fingerprint density at radius 2 is 1.68 bits per heavy atom.